The first-order valence-electron chi connectivity index (χ1n) is 9.52. The number of hydrazine groups is 1. The number of hydrogen-bond acceptors (Lipinski definition) is 4. The van der Waals surface area contributed by atoms with E-state index in [2.05, 4.69) is 33.2 Å². The number of carbonyl (C=O) groups is 1. The second kappa shape index (κ2) is 7.62. The van der Waals surface area contributed by atoms with Crippen LogP contribution in [0.2, 0.25) is 5.02 Å². The molecule has 0 bridgehead atoms. The smallest absolute Gasteiger partial charge is 0.241 e. The molecule has 1 aromatic rings. The summed E-state index contributed by atoms with van der Waals surface area (Å²) in [5.74, 6) is 0.570. The number of likely N-dealkylation sites (tertiary alicyclic amines) is 1. The predicted octanol–water partition coefficient (Wildman–Crippen LogP) is 2.24. The summed E-state index contributed by atoms with van der Waals surface area (Å²) in [4.78, 5) is 15.5. The zero-order chi connectivity index (χ0) is 17.2. The van der Waals surface area contributed by atoms with Crippen LogP contribution in [0.15, 0.2) is 24.3 Å². The van der Waals surface area contributed by atoms with Gasteiger partial charge >= 0.3 is 0 Å². The Morgan fingerprint density at radius 2 is 1.92 bits per heavy atom. The first-order valence-corrected chi connectivity index (χ1v) is 9.89. The van der Waals surface area contributed by atoms with Crippen molar-refractivity contribution in [3.8, 4) is 0 Å². The van der Waals surface area contributed by atoms with Crippen molar-refractivity contribution in [2.45, 2.75) is 50.2 Å². The molecule has 3 aliphatic heterocycles. The second-order valence-electron chi connectivity index (χ2n) is 7.48. The molecule has 4 atom stereocenters. The summed E-state index contributed by atoms with van der Waals surface area (Å²) >= 11 is 6.06. The van der Waals surface area contributed by atoms with Gasteiger partial charge in [-0.2, -0.15) is 0 Å². The molecule has 0 aliphatic carbocycles. The van der Waals surface area contributed by atoms with Crippen molar-refractivity contribution in [1.82, 2.24) is 21.1 Å². The quantitative estimate of drug-likeness (QED) is 0.755. The van der Waals surface area contributed by atoms with Gasteiger partial charge in [0, 0.05) is 30.1 Å². The van der Waals surface area contributed by atoms with Crippen molar-refractivity contribution in [2.75, 3.05) is 19.6 Å². The van der Waals surface area contributed by atoms with Crippen LogP contribution >= 0.6 is 11.6 Å². The molecule has 1 amide bonds. The van der Waals surface area contributed by atoms with Gasteiger partial charge in [0.15, 0.2) is 0 Å². The van der Waals surface area contributed by atoms with Crippen molar-refractivity contribution in [1.29, 1.82) is 0 Å². The lowest BCUT2D eigenvalue weighted by atomic mass is 9.88. The molecule has 4 unspecified atom stereocenters. The molecule has 0 spiro atoms. The van der Waals surface area contributed by atoms with Gasteiger partial charge in [-0.15, -0.1) is 0 Å². The summed E-state index contributed by atoms with van der Waals surface area (Å²) in [7, 11) is 0. The van der Waals surface area contributed by atoms with Crippen LogP contribution in [0.1, 0.15) is 43.7 Å². The third-order valence-corrected chi connectivity index (χ3v) is 6.19. The van der Waals surface area contributed by atoms with Gasteiger partial charge in [0.2, 0.25) is 5.91 Å². The average Bonchev–Trinajstić information content (AvgIpc) is 2.91. The standard InChI is InChI=1S/C19H27ClN4O/c20-14-7-5-13(6-8-14)17-4-2-1-3-11-24(17)19(25)18-15-12-21-10-9-16(15)22-23-18/h5-8,15-18,21-23H,1-4,9-12H2. The van der Waals surface area contributed by atoms with E-state index >= 15 is 0 Å². The molecule has 3 N–H and O–H groups in total. The third-order valence-electron chi connectivity index (χ3n) is 5.94. The van der Waals surface area contributed by atoms with E-state index in [1.54, 1.807) is 0 Å². The lowest BCUT2D eigenvalue weighted by Crippen LogP contribution is -2.51. The largest absolute Gasteiger partial charge is 0.334 e. The molecule has 0 saturated carbocycles. The first-order chi connectivity index (χ1) is 12.2. The van der Waals surface area contributed by atoms with Crippen molar-refractivity contribution in [2.24, 2.45) is 5.92 Å². The maximum atomic E-state index is 13.4. The van der Waals surface area contributed by atoms with Crippen molar-refractivity contribution in [3.05, 3.63) is 34.9 Å². The highest BCUT2D eigenvalue weighted by atomic mass is 35.5. The number of hydrogen-bond donors (Lipinski definition) is 3. The third kappa shape index (κ3) is 3.56. The Hall–Kier alpha value is -1.14. The molecule has 0 radical (unpaired) electrons. The van der Waals surface area contributed by atoms with Crippen LogP contribution in [0.5, 0.6) is 0 Å². The van der Waals surface area contributed by atoms with Crippen molar-refractivity contribution < 1.29 is 4.79 Å². The Morgan fingerprint density at radius 3 is 2.76 bits per heavy atom. The van der Waals surface area contributed by atoms with Gasteiger partial charge in [0.05, 0.1) is 6.04 Å². The summed E-state index contributed by atoms with van der Waals surface area (Å²) in [5, 5.41) is 4.18. The van der Waals surface area contributed by atoms with Crippen LogP contribution in [-0.4, -0.2) is 42.5 Å². The first kappa shape index (κ1) is 17.3. The second-order valence-corrected chi connectivity index (χ2v) is 7.91. The summed E-state index contributed by atoms with van der Waals surface area (Å²) in [5.41, 5.74) is 7.84. The number of carbonyl (C=O) groups excluding carboxylic acids is 1. The van der Waals surface area contributed by atoms with Gasteiger partial charge in [-0.05, 0) is 43.5 Å². The number of fused-ring (bicyclic) bond motifs is 1. The molecule has 4 rings (SSSR count). The van der Waals surface area contributed by atoms with Crippen LogP contribution in [0.3, 0.4) is 0 Å². The van der Waals surface area contributed by atoms with Crippen LogP contribution in [0.25, 0.3) is 0 Å². The van der Waals surface area contributed by atoms with Gasteiger partial charge in [-0.25, -0.2) is 5.43 Å². The molecule has 3 fully saturated rings. The molecule has 1 aromatic carbocycles. The highest BCUT2D eigenvalue weighted by Crippen LogP contribution is 2.33. The van der Waals surface area contributed by atoms with E-state index in [1.165, 1.54) is 18.4 Å². The Kier molecular flexibility index (Phi) is 5.27. The van der Waals surface area contributed by atoms with Gasteiger partial charge < -0.3 is 10.2 Å². The lowest BCUT2D eigenvalue weighted by Gasteiger charge is -2.35. The van der Waals surface area contributed by atoms with Crippen molar-refractivity contribution >= 4 is 17.5 Å². The minimum atomic E-state index is -0.134. The molecule has 3 saturated heterocycles. The van der Waals surface area contributed by atoms with E-state index in [-0.39, 0.29) is 18.0 Å². The molecular formula is C19H27ClN4O. The van der Waals surface area contributed by atoms with Crippen LogP contribution in [-0.2, 0) is 4.79 Å². The number of nitrogens with one attached hydrogen (secondary N) is 3. The van der Waals surface area contributed by atoms with E-state index in [0.717, 1.165) is 43.9 Å². The number of nitrogens with zero attached hydrogens (tertiary/aromatic N) is 1. The minimum Gasteiger partial charge on any atom is -0.334 e. The van der Waals surface area contributed by atoms with E-state index < -0.39 is 0 Å². The summed E-state index contributed by atoms with van der Waals surface area (Å²) in [6, 6.07) is 8.43. The number of rotatable bonds is 2. The average molecular weight is 363 g/mol. The van der Waals surface area contributed by atoms with E-state index in [1.807, 2.05) is 12.1 Å². The molecule has 3 heterocycles. The monoisotopic (exact) mass is 362 g/mol. The van der Waals surface area contributed by atoms with Crippen LogP contribution in [0, 0.1) is 5.92 Å². The number of piperidine rings is 1. The normalized spacial score (nSPS) is 32.9. The van der Waals surface area contributed by atoms with Gasteiger partial charge in [0.1, 0.15) is 6.04 Å². The maximum Gasteiger partial charge on any atom is 0.241 e. The lowest BCUT2D eigenvalue weighted by molar-refractivity contribution is -0.136. The minimum absolute atomic E-state index is 0.134. The number of benzene rings is 1. The molecule has 136 valence electrons. The topological polar surface area (TPSA) is 56.4 Å². The highest BCUT2D eigenvalue weighted by Gasteiger charge is 2.44. The summed E-state index contributed by atoms with van der Waals surface area (Å²) in [6.07, 6.45) is 5.54. The predicted molar refractivity (Wildman–Crippen MR) is 99.2 cm³/mol. The Bertz CT molecular complexity index is 608. The fourth-order valence-corrected chi connectivity index (χ4v) is 4.67. The Balaban J connectivity index is 1.56. The molecule has 0 aromatic heterocycles. The van der Waals surface area contributed by atoms with E-state index in [0.29, 0.717) is 12.0 Å². The van der Waals surface area contributed by atoms with E-state index in [4.69, 9.17) is 11.6 Å². The molecule has 5 nitrogen and oxygen atoms in total. The fourth-order valence-electron chi connectivity index (χ4n) is 4.54. The van der Waals surface area contributed by atoms with Gasteiger partial charge in [-0.1, -0.05) is 36.6 Å². The zero-order valence-electron chi connectivity index (χ0n) is 14.5. The maximum absolute atomic E-state index is 13.4. The summed E-state index contributed by atoms with van der Waals surface area (Å²) in [6.45, 7) is 2.77. The number of halogens is 1. The molecular weight excluding hydrogens is 336 g/mol. The van der Waals surface area contributed by atoms with Crippen LogP contribution < -0.4 is 16.2 Å². The molecule has 3 aliphatic rings. The van der Waals surface area contributed by atoms with Gasteiger partial charge in [-0.3, -0.25) is 10.2 Å². The molecule has 25 heavy (non-hydrogen) atoms. The molecule has 6 heteroatoms. The van der Waals surface area contributed by atoms with E-state index in [9.17, 15) is 4.79 Å². The SMILES string of the molecule is O=C(C1NNC2CCNCC21)N1CCCCCC1c1ccc(Cl)cc1. The number of amides is 1. The highest BCUT2D eigenvalue weighted by molar-refractivity contribution is 6.30. The fraction of sp³-hybridized carbons (Fsp3) is 0.632. The van der Waals surface area contributed by atoms with Crippen LogP contribution in [0.4, 0.5) is 0 Å². The zero-order valence-corrected chi connectivity index (χ0v) is 15.3. The Labute approximate surface area is 154 Å². The Morgan fingerprint density at radius 1 is 1.08 bits per heavy atom. The van der Waals surface area contributed by atoms with Crippen molar-refractivity contribution in [3.63, 3.8) is 0 Å². The summed E-state index contributed by atoms with van der Waals surface area (Å²) < 4.78 is 0. The van der Waals surface area contributed by atoms with Gasteiger partial charge in [0.25, 0.3) is 0 Å².